The average molecular weight is 147 g/mol. The van der Waals surface area contributed by atoms with Crippen molar-refractivity contribution in [2.45, 2.75) is 26.0 Å². The quantitative estimate of drug-likeness (QED) is 0.429. The van der Waals surface area contributed by atoms with Crippen molar-refractivity contribution in [1.82, 2.24) is 0 Å². The van der Waals surface area contributed by atoms with Crippen LogP contribution in [0.3, 0.4) is 0 Å². The first kappa shape index (κ1) is 9.39. The van der Waals surface area contributed by atoms with Gasteiger partial charge in [-0.2, -0.15) is 0 Å². The van der Waals surface area contributed by atoms with Crippen molar-refractivity contribution in [3.63, 3.8) is 0 Å². The van der Waals surface area contributed by atoms with Crippen molar-refractivity contribution in [2.75, 3.05) is 6.61 Å². The van der Waals surface area contributed by atoms with Crippen LogP contribution in [0.25, 0.3) is 0 Å². The minimum Gasteiger partial charge on any atom is -0.481 e. The maximum Gasteiger partial charge on any atom is 0.303 e. The molecule has 1 atom stereocenters. The van der Waals surface area contributed by atoms with E-state index in [1.807, 2.05) is 0 Å². The van der Waals surface area contributed by atoms with Crippen molar-refractivity contribution in [3.8, 4) is 0 Å². The summed E-state index contributed by atoms with van der Waals surface area (Å²) >= 11 is 0. The summed E-state index contributed by atoms with van der Waals surface area (Å²) in [5.74, 6) is -0.798. The summed E-state index contributed by atoms with van der Waals surface area (Å²) in [4.78, 5) is 9.96. The Labute approximate surface area is 60.0 Å². The topological polar surface area (TPSA) is 72.5 Å². The van der Waals surface area contributed by atoms with Gasteiger partial charge in [-0.15, -0.1) is 0 Å². The van der Waals surface area contributed by atoms with Crippen LogP contribution in [0.2, 0.25) is 0 Å². The van der Waals surface area contributed by atoms with Crippen LogP contribution in [-0.4, -0.2) is 23.9 Å². The Morgan fingerprint density at radius 2 is 2.40 bits per heavy atom. The SMILES string of the molecule is CC(N)OCCCC(=O)O. The fraction of sp³-hybridized carbons (Fsp3) is 0.833. The number of carbonyl (C=O) groups is 1. The number of aliphatic carboxylic acids is 1. The molecule has 0 aromatic carbocycles. The zero-order valence-electron chi connectivity index (χ0n) is 6.04. The Balaban J connectivity index is 2.98. The molecule has 3 N–H and O–H groups in total. The first-order valence-corrected chi connectivity index (χ1v) is 3.22. The molecule has 0 rings (SSSR count). The molecule has 4 nitrogen and oxygen atoms in total. The standard InChI is InChI=1S/C6H13NO3/c1-5(7)10-4-2-3-6(8)9/h5H,2-4,7H2,1H3,(H,8,9). The maximum absolute atomic E-state index is 9.96. The fourth-order valence-electron chi connectivity index (χ4n) is 0.493. The van der Waals surface area contributed by atoms with E-state index in [-0.39, 0.29) is 12.6 Å². The van der Waals surface area contributed by atoms with Crippen LogP contribution in [0.15, 0.2) is 0 Å². The van der Waals surface area contributed by atoms with Crippen LogP contribution in [0.4, 0.5) is 0 Å². The molecule has 0 saturated carbocycles. The van der Waals surface area contributed by atoms with E-state index >= 15 is 0 Å². The molecule has 0 aliphatic heterocycles. The Kier molecular flexibility index (Phi) is 4.88. The molecule has 0 aliphatic rings. The normalized spacial score (nSPS) is 13.0. The lowest BCUT2D eigenvalue weighted by Crippen LogP contribution is -2.19. The first-order chi connectivity index (χ1) is 4.63. The van der Waals surface area contributed by atoms with Gasteiger partial charge in [-0.25, -0.2) is 0 Å². The van der Waals surface area contributed by atoms with Gasteiger partial charge in [0.05, 0.1) is 0 Å². The van der Waals surface area contributed by atoms with Gasteiger partial charge in [0.25, 0.3) is 0 Å². The summed E-state index contributed by atoms with van der Waals surface area (Å²) < 4.78 is 4.91. The fourth-order valence-corrected chi connectivity index (χ4v) is 0.493. The molecule has 10 heavy (non-hydrogen) atoms. The summed E-state index contributed by atoms with van der Waals surface area (Å²) in [5, 5.41) is 8.19. The lowest BCUT2D eigenvalue weighted by molar-refractivity contribution is -0.137. The Morgan fingerprint density at radius 1 is 1.80 bits per heavy atom. The van der Waals surface area contributed by atoms with E-state index in [1.165, 1.54) is 0 Å². The number of carboxylic acid groups (broad SMARTS) is 1. The Hall–Kier alpha value is -0.610. The molecule has 60 valence electrons. The molecule has 0 aromatic heterocycles. The van der Waals surface area contributed by atoms with E-state index < -0.39 is 5.97 Å². The molecule has 0 aliphatic carbocycles. The van der Waals surface area contributed by atoms with Gasteiger partial charge in [-0.1, -0.05) is 0 Å². The smallest absolute Gasteiger partial charge is 0.303 e. The average Bonchev–Trinajstić information content (AvgIpc) is 1.79. The summed E-state index contributed by atoms with van der Waals surface area (Å²) in [5.41, 5.74) is 5.24. The molecule has 0 aromatic rings. The van der Waals surface area contributed by atoms with E-state index in [0.717, 1.165) is 0 Å². The summed E-state index contributed by atoms with van der Waals surface area (Å²) in [7, 11) is 0. The molecule has 4 heteroatoms. The molecule has 0 radical (unpaired) electrons. The molecule has 0 heterocycles. The van der Waals surface area contributed by atoms with Crippen molar-refractivity contribution in [1.29, 1.82) is 0 Å². The van der Waals surface area contributed by atoms with Crippen LogP contribution in [0, 0.1) is 0 Å². The largest absolute Gasteiger partial charge is 0.481 e. The monoisotopic (exact) mass is 147 g/mol. The number of ether oxygens (including phenoxy) is 1. The van der Waals surface area contributed by atoms with E-state index in [0.29, 0.717) is 13.0 Å². The second-order valence-electron chi connectivity index (χ2n) is 2.07. The molecule has 1 unspecified atom stereocenters. The van der Waals surface area contributed by atoms with E-state index in [4.69, 9.17) is 15.6 Å². The highest BCUT2D eigenvalue weighted by Gasteiger charge is 1.97. The Morgan fingerprint density at radius 3 is 2.80 bits per heavy atom. The summed E-state index contributed by atoms with van der Waals surface area (Å²) in [6.45, 7) is 2.13. The molecule has 0 amide bonds. The van der Waals surface area contributed by atoms with Crippen molar-refractivity contribution in [3.05, 3.63) is 0 Å². The van der Waals surface area contributed by atoms with E-state index in [9.17, 15) is 4.79 Å². The maximum atomic E-state index is 9.96. The molecule has 0 spiro atoms. The van der Waals surface area contributed by atoms with Gasteiger partial charge in [-0.05, 0) is 13.3 Å². The molecule has 0 fully saturated rings. The lowest BCUT2D eigenvalue weighted by Gasteiger charge is -2.04. The molecule has 0 saturated heterocycles. The van der Waals surface area contributed by atoms with Gasteiger partial charge in [0.1, 0.15) is 6.23 Å². The van der Waals surface area contributed by atoms with Crippen molar-refractivity contribution in [2.24, 2.45) is 5.73 Å². The van der Waals surface area contributed by atoms with Crippen LogP contribution in [-0.2, 0) is 9.53 Å². The number of hydrogen-bond donors (Lipinski definition) is 2. The Bertz CT molecular complexity index is 103. The summed E-state index contributed by atoms with van der Waals surface area (Å²) in [6.07, 6.45) is 0.373. The number of rotatable bonds is 5. The van der Waals surface area contributed by atoms with Gasteiger partial charge in [0, 0.05) is 13.0 Å². The van der Waals surface area contributed by atoms with Gasteiger partial charge >= 0.3 is 5.97 Å². The lowest BCUT2D eigenvalue weighted by atomic mass is 10.3. The minimum atomic E-state index is -0.798. The van der Waals surface area contributed by atoms with Gasteiger partial charge in [0.15, 0.2) is 0 Å². The predicted octanol–water partition coefficient (Wildman–Crippen LogP) is 0.172. The second kappa shape index (κ2) is 5.20. The first-order valence-electron chi connectivity index (χ1n) is 3.22. The highest BCUT2D eigenvalue weighted by molar-refractivity contribution is 5.66. The van der Waals surface area contributed by atoms with Crippen LogP contribution < -0.4 is 5.73 Å². The van der Waals surface area contributed by atoms with E-state index in [2.05, 4.69) is 0 Å². The van der Waals surface area contributed by atoms with Gasteiger partial charge in [0.2, 0.25) is 0 Å². The number of carboxylic acids is 1. The van der Waals surface area contributed by atoms with Crippen molar-refractivity contribution >= 4 is 5.97 Å². The zero-order valence-corrected chi connectivity index (χ0v) is 6.04. The van der Waals surface area contributed by atoms with Crippen molar-refractivity contribution < 1.29 is 14.6 Å². The highest BCUT2D eigenvalue weighted by atomic mass is 16.5. The molecular weight excluding hydrogens is 134 g/mol. The second-order valence-corrected chi connectivity index (χ2v) is 2.07. The molecular formula is C6H13NO3. The van der Waals surface area contributed by atoms with Gasteiger partial charge in [-0.3, -0.25) is 4.79 Å². The third-order valence-corrected chi connectivity index (χ3v) is 0.916. The van der Waals surface area contributed by atoms with Crippen LogP contribution in [0.5, 0.6) is 0 Å². The number of hydrogen-bond acceptors (Lipinski definition) is 3. The predicted molar refractivity (Wildman–Crippen MR) is 36.5 cm³/mol. The highest BCUT2D eigenvalue weighted by Crippen LogP contribution is 1.90. The van der Waals surface area contributed by atoms with E-state index in [1.54, 1.807) is 6.92 Å². The van der Waals surface area contributed by atoms with Crippen LogP contribution in [0.1, 0.15) is 19.8 Å². The summed E-state index contributed by atoms with van der Waals surface area (Å²) in [6, 6.07) is 0. The zero-order chi connectivity index (χ0) is 7.98. The van der Waals surface area contributed by atoms with Gasteiger partial charge < -0.3 is 15.6 Å². The van der Waals surface area contributed by atoms with Crippen LogP contribution >= 0.6 is 0 Å². The minimum absolute atomic E-state index is 0.146. The molecule has 0 bridgehead atoms. The third kappa shape index (κ3) is 7.39. The number of nitrogens with two attached hydrogens (primary N) is 1. The third-order valence-electron chi connectivity index (χ3n) is 0.916.